The van der Waals surface area contributed by atoms with Gasteiger partial charge in [-0.25, -0.2) is 0 Å². The second-order valence-electron chi connectivity index (χ2n) is 2.59. The minimum atomic E-state index is 0.637. The molecule has 1 aliphatic carbocycles. The fraction of sp³-hybridized carbons (Fsp3) is 0.111. The Labute approximate surface area is 89.7 Å². The van der Waals surface area contributed by atoms with Gasteiger partial charge in [0, 0.05) is 0 Å². The van der Waals surface area contributed by atoms with Gasteiger partial charge in [-0.15, -0.1) is 0 Å². The second kappa shape index (κ2) is 2.99. The Morgan fingerprint density at radius 1 is 1.27 bits per heavy atom. The van der Waals surface area contributed by atoms with Gasteiger partial charge in [0.1, 0.15) is 0 Å². The van der Waals surface area contributed by atoms with E-state index in [-0.39, 0.29) is 0 Å². The molecule has 0 aliphatic heterocycles. The van der Waals surface area contributed by atoms with Gasteiger partial charge in [0.15, 0.2) is 0 Å². The van der Waals surface area contributed by atoms with E-state index in [2.05, 4.69) is 46.3 Å². The molecule has 1 aliphatic rings. The number of benzene rings is 1. The van der Waals surface area contributed by atoms with Crippen molar-refractivity contribution in [3.05, 3.63) is 39.9 Å². The molecule has 0 heterocycles. The number of hydrogen-bond acceptors (Lipinski definition) is 0. The van der Waals surface area contributed by atoms with E-state index in [0.717, 1.165) is 0 Å². The number of allylic oxidation sites excluding steroid dienone is 1. The molecule has 0 aromatic heterocycles. The van der Waals surface area contributed by atoms with Crippen molar-refractivity contribution in [3.63, 3.8) is 0 Å². The average Bonchev–Trinajstić information content (AvgIpc) is 2.30. The van der Waals surface area contributed by atoms with Gasteiger partial charge in [0.05, 0.1) is 0 Å². The summed E-state index contributed by atoms with van der Waals surface area (Å²) in [5.74, 6) is 0. The zero-order chi connectivity index (χ0) is 7.84. The number of rotatable bonds is 0. The molecule has 1 unspecified atom stereocenters. The molecular weight excluding hydrogens is 279 g/mol. The van der Waals surface area contributed by atoms with E-state index in [4.69, 9.17) is 0 Å². The van der Waals surface area contributed by atoms with E-state index in [1.165, 1.54) is 15.6 Å². The molecule has 0 saturated carbocycles. The van der Waals surface area contributed by atoms with Crippen LogP contribution < -0.4 is 0 Å². The van der Waals surface area contributed by atoms with Crippen molar-refractivity contribution in [1.29, 1.82) is 0 Å². The second-order valence-corrected chi connectivity index (χ2v) is 4.93. The Balaban J connectivity index is 2.58. The van der Waals surface area contributed by atoms with E-state index in [1.807, 2.05) is 0 Å². The molecule has 2 rings (SSSR count). The van der Waals surface area contributed by atoms with Gasteiger partial charge in [-0.05, 0) is 0 Å². The fourth-order valence-electron chi connectivity index (χ4n) is 1.29. The first-order chi connectivity index (χ1) is 5.29. The van der Waals surface area contributed by atoms with E-state index < -0.39 is 0 Å². The van der Waals surface area contributed by atoms with Gasteiger partial charge in [-0.1, -0.05) is 0 Å². The van der Waals surface area contributed by atoms with Crippen LogP contribution in [0.25, 0.3) is 6.08 Å². The van der Waals surface area contributed by atoms with E-state index >= 15 is 0 Å². The summed E-state index contributed by atoms with van der Waals surface area (Å²) in [5, 5.41) is 0. The standard InChI is InChI=1S/C9H6Br.Zr/c10-9-5-7-3-1-2-4-8(7)6-9;/h1-6H;. The third-order valence-electron chi connectivity index (χ3n) is 1.88. The maximum absolute atomic E-state index is 3.57. The zero-order valence-electron chi connectivity index (χ0n) is 5.84. The number of fused-ring (bicyclic) bond motifs is 1. The predicted molar refractivity (Wildman–Crippen MR) is 46.1 cm³/mol. The molecule has 0 N–H and O–H groups in total. The maximum atomic E-state index is 3.57. The first-order valence-electron chi connectivity index (χ1n) is 3.46. The summed E-state index contributed by atoms with van der Waals surface area (Å²) in [6.45, 7) is 0. The van der Waals surface area contributed by atoms with Crippen molar-refractivity contribution in [3.8, 4) is 0 Å². The van der Waals surface area contributed by atoms with Crippen LogP contribution in [0.1, 0.15) is 14.8 Å². The van der Waals surface area contributed by atoms with Crippen molar-refractivity contribution in [2.75, 3.05) is 0 Å². The quantitative estimate of drug-likeness (QED) is 0.687. The van der Waals surface area contributed by atoms with Gasteiger partial charge in [-0.3, -0.25) is 0 Å². The monoisotopic (exact) mass is 283 g/mol. The molecule has 1 atom stereocenters. The normalized spacial score (nSPS) is 21.1. The average molecular weight is 285 g/mol. The van der Waals surface area contributed by atoms with Crippen molar-refractivity contribution in [1.82, 2.24) is 0 Å². The van der Waals surface area contributed by atoms with Crippen LogP contribution in [0.15, 0.2) is 28.7 Å². The summed E-state index contributed by atoms with van der Waals surface area (Å²) in [5.41, 5.74) is 2.85. The fourth-order valence-corrected chi connectivity index (χ4v) is 2.63. The van der Waals surface area contributed by atoms with Gasteiger partial charge >= 0.3 is 90.2 Å². The van der Waals surface area contributed by atoms with Crippen LogP contribution in [0.2, 0.25) is 0 Å². The van der Waals surface area contributed by atoms with Crippen LogP contribution >= 0.6 is 15.9 Å². The minimum absolute atomic E-state index is 0.637. The van der Waals surface area contributed by atoms with Crippen LogP contribution in [-0.4, -0.2) is 0 Å². The van der Waals surface area contributed by atoms with Gasteiger partial charge in [0.2, 0.25) is 0 Å². The molecule has 1 aromatic rings. The Kier molecular flexibility index (Phi) is 2.16. The van der Waals surface area contributed by atoms with E-state index in [9.17, 15) is 0 Å². The number of halogens is 1. The van der Waals surface area contributed by atoms with Gasteiger partial charge in [-0.2, -0.15) is 0 Å². The van der Waals surface area contributed by atoms with Gasteiger partial charge in [0.25, 0.3) is 0 Å². The topological polar surface area (TPSA) is 0 Å². The molecule has 0 spiro atoms. The van der Waals surface area contributed by atoms with E-state index in [1.54, 1.807) is 24.7 Å². The summed E-state index contributed by atoms with van der Waals surface area (Å²) in [6, 6.07) is 8.57. The third-order valence-corrected chi connectivity index (χ3v) is 5.13. The molecule has 0 saturated heterocycles. The van der Waals surface area contributed by atoms with Crippen molar-refractivity contribution >= 4 is 22.0 Å². The predicted octanol–water partition coefficient (Wildman–Crippen LogP) is 3.02. The Hall–Kier alpha value is 0.323. The molecular formula is C9H6BrZr. The summed E-state index contributed by atoms with van der Waals surface area (Å²) < 4.78 is 1.97. The van der Waals surface area contributed by atoms with Crippen LogP contribution in [0.5, 0.6) is 0 Å². The Morgan fingerprint density at radius 2 is 2.00 bits per heavy atom. The van der Waals surface area contributed by atoms with E-state index in [0.29, 0.717) is 3.63 Å². The zero-order valence-corrected chi connectivity index (χ0v) is 9.89. The molecule has 53 valence electrons. The molecule has 11 heavy (non-hydrogen) atoms. The molecule has 2 heteroatoms. The molecule has 0 radical (unpaired) electrons. The molecule has 0 bridgehead atoms. The molecule has 1 aromatic carbocycles. The van der Waals surface area contributed by atoms with Crippen molar-refractivity contribution in [2.24, 2.45) is 0 Å². The SMILES string of the molecule is BrC1=Cc2ccccc2[CH]1[Zr]. The van der Waals surface area contributed by atoms with Crippen LogP contribution in [0.3, 0.4) is 0 Å². The third kappa shape index (κ3) is 1.31. The van der Waals surface area contributed by atoms with Crippen molar-refractivity contribution in [2.45, 2.75) is 3.63 Å². The summed E-state index contributed by atoms with van der Waals surface area (Å²) in [6.07, 6.45) is 2.22. The van der Waals surface area contributed by atoms with Gasteiger partial charge < -0.3 is 0 Å². The number of hydrogen-bond donors (Lipinski definition) is 0. The Morgan fingerprint density at radius 3 is 2.73 bits per heavy atom. The summed E-state index contributed by atoms with van der Waals surface area (Å²) in [7, 11) is 0. The molecule has 0 fully saturated rings. The first kappa shape index (κ1) is 7.95. The van der Waals surface area contributed by atoms with Crippen LogP contribution in [0.4, 0.5) is 0 Å². The van der Waals surface area contributed by atoms with Crippen LogP contribution in [-0.2, 0) is 24.7 Å². The first-order valence-corrected chi connectivity index (χ1v) is 5.67. The molecule has 0 amide bonds. The van der Waals surface area contributed by atoms with Crippen molar-refractivity contribution < 1.29 is 24.7 Å². The summed E-state index contributed by atoms with van der Waals surface area (Å²) >= 11 is 5.12. The Bertz CT molecular complexity index is 317. The summed E-state index contributed by atoms with van der Waals surface area (Å²) in [4.78, 5) is 0. The van der Waals surface area contributed by atoms with Crippen LogP contribution in [0, 0.1) is 0 Å². The molecule has 0 nitrogen and oxygen atoms in total.